The van der Waals surface area contributed by atoms with Crippen LogP contribution in [0.25, 0.3) is 0 Å². The first kappa shape index (κ1) is 22.1. The molecule has 0 saturated carbocycles. The molecule has 2 aromatic carbocycles. The molecule has 0 radical (unpaired) electrons. The van der Waals surface area contributed by atoms with Crippen molar-refractivity contribution in [3.8, 4) is 5.75 Å². The summed E-state index contributed by atoms with van der Waals surface area (Å²) in [5.74, 6) is 0.207. The predicted octanol–water partition coefficient (Wildman–Crippen LogP) is 7.94. The normalized spacial score (nSPS) is 10.8. The molecule has 1 heterocycles. The van der Waals surface area contributed by atoms with E-state index in [-0.39, 0.29) is 49.1 Å². The third kappa shape index (κ3) is 4.96. The van der Waals surface area contributed by atoms with Gasteiger partial charge in [-0.25, -0.2) is 0 Å². The second-order valence-corrected chi connectivity index (χ2v) is 7.85. The number of carbonyl (C=O) groups excluding carboxylic acids is 1. The molecular formula is C20H14Cl5NO3. The summed E-state index contributed by atoms with van der Waals surface area (Å²) < 4.78 is 11.1. The van der Waals surface area contributed by atoms with Crippen molar-refractivity contribution in [1.82, 2.24) is 0 Å². The minimum absolute atomic E-state index is 0.0334. The van der Waals surface area contributed by atoms with E-state index in [0.29, 0.717) is 11.4 Å². The van der Waals surface area contributed by atoms with Gasteiger partial charge in [0.1, 0.15) is 22.4 Å². The summed E-state index contributed by atoms with van der Waals surface area (Å²) >= 11 is 30.2. The van der Waals surface area contributed by atoms with Gasteiger partial charge in [-0.3, -0.25) is 4.79 Å². The van der Waals surface area contributed by atoms with Crippen molar-refractivity contribution in [3.63, 3.8) is 0 Å². The summed E-state index contributed by atoms with van der Waals surface area (Å²) in [5, 5.41) is 2.95. The number of nitrogens with one attached hydrogen (secondary N) is 1. The molecule has 9 heteroatoms. The molecule has 0 fully saturated rings. The van der Waals surface area contributed by atoms with Crippen molar-refractivity contribution in [2.75, 3.05) is 5.32 Å². The summed E-state index contributed by atoms with van der Waals surface area (Å²) in [7, 11) is 0. The van der Waals surface area contributed by atoms with Crippen molar-refractivity contribution in [1.29, 1.82) is 0 Å². The number of hydrogen-bond acceptors (Lipinski definition) is 3. The lowest BCUT2D eigenvalue weighted by molar-refractivity contribution is 0.0992. The number of rotatable bonds is 6. The molecule has 3 aromatic rings. The van der Waals surface area contributed by atoms with Crippen LogP contribution in [0.5, 0.6) is 5.75 Å². The third-order valence-corrected chi connectivity index (χ3v) is 6.28. The van der Waals surface area contributed by atoms with Crippen LogP contribution in [0.3, 0.4) is 0 Å². The molecule has 0 saturated heterocycles. The SMILES string of the molecule is CCc1ccc(NC(=O)c2ccc(COc3c(Cl)c(Cl)c(Cl)c(Cl)c3Cl)o2)cc1. The van der Waals surface area contributed by atoms with Crippen LogP contribution in [0.1, 0.15) is 28.8 Å². The highest BCUT2D eigenvalue weighted by Crippen LogP contribution is 2.48. The molecule has 0 aliphatic heterocycles. The van der Waals surface area contributed by atoms with Crippen LogP contribution in [0.15, 0.2) is 40.8 Å². The van der Waals surface area contributed by atoms with Gasteiger partial charge in [-0.15, -0.1) is 0 Å². The highest BCUT2D eigenvalue weighted by atomic mass is 35.5. The summed E-state index contributed by atoms with van der Waals surface area (Å²) in [6.07, 6.45) is 0.924. The zero-order valence-electron chi connectivity index (χ0n) is 15.0. The Hall–Kier alpha value is -1.56. The van der Waals surface area contributed by atoms with E-state index in [1.165, 1.54) is 5.56 Å². The molecule has 0 aliphatic carbocycles. The molecule has 0 atom stereocenters. The van der Waals surface area contributed by atoms with Crippen LogP contribution in [0.2, 0.25) is 25.1 Å². The van der Waals surface area contributed by atoms with E-state index in [1.54, 1.807) is 12.1 Å². The minimum Gasteiger partial charge on any atom is -0.482 e. The van der Waals surface area contributed by atoms with E-state index in [2.05, 4.69) is 12.2 Å². The number of amides is 1. The monoisotopic (exact) mass is 491 g/mol. The largest absolute Gasteiger partial charge is 0.482 e. The number of ether oxygens (including phenoxy) is 1. The molecule has 1 N–H and O–H groups in total. The first-order chi connectivity index (χ1) is 13.8. The molecule has 1 aromatic heterocycles. The fourth-order valence-corrected chi connectivity index (χ4v) is 3.68. The average molecular weight is 494 g/mol. The van der Waals surface area contributed by atoms with E-state index >= 15 is 0 Å². The van der Waals surface area contributed by atoms with Gasteiger partial charge in [0.15, 0.2) is 11.5 Å². The summed E-state index contributed by atoms with van der Waals surface area (Å²) in [6.45, 7) is 2.01. The van der Waals surface area contributed by atoms with Crippen molar-refractivity contribution < 1.29 is 13.9 Å². The van der Waals surface area contributed by atoms with Crippen LogP contribution in [0.4, 0.5) is 5.69 Å². The standard InChI is InChI=1S/C20H14Cl5NO3/c1-2-10-3-5-11(6-4-10)26-20(27)13-8-7-12(29-13)9-28-19-17(24)15(22)14(21)16(23)18(19)25/h3-8H,2,9H2,1H3,(H,26,27). The molecule has 0 bridgehead atoms. The van der Waals surface area contributed by atoms with Gasteiger partial charge in [-0.2, -0.15) is 0 Å². The van der Waals surface area contributed by atoms with E-state index in [4.69, 9.17) is 67.2 Å². The Morgan fingerprint density at radius 2 is 1.48 bits per heavy atom. The minimum atomic E-state index is -0.380. The second-order valence-electron chi connectivity index (χ2n) is 5.96. The Kier molecular flexibility index (Phi) is 7.25. The lowest BCUT2D eigenvalue weighted by atomic mass is 10.1. The molecule has 29 heavy (non-hydrogen) atoms. The molecule has 4 nitrogen and oxygen atoms in total. The predicted molar refractivity (Wildman–Crippen MR) is 118 cm³/mol. The lowest BCUT2D eigenvalue weighted by Crippen LogP contribution is -2.10. The number of aryl methyl sites for hydroxylation is 1. The van der Waals surface area contributed by atoms with Gasteiger partial charge in [0.2, 0.25) is 0 Å². The van der Waals surface area contributed by atoms with E-state index in [9.17, 15) is 4.79 Å². The average Bonchev–Trinajstić information content (AvgIpc) is 3.20. The van der Waals surface area contributed by atoms with Gasteiger partial charge in [-0.1, -0.05) is 77.1 Å². The van der Waals surface area contributed by atoms with Crippen molar-refractivity contribution in [2.24, 2.45) is 0 Å². The smallest absolute Gasteiger partial charge is 0.291 e. The van der Waals surface area contributed by atoms with Gasteiger partial charge in [0, 0.05) is 5.69 Å². The number of hydrogen-bond donors (Lipinski definition) is 1. The van der Waals surface area contributed by atoms with Gasteiger partial charge >= 0.3 is 0 Å². The Balaban J connectivity index is 1.68. The lowest BCUT2D eigenvalue weighted by Gasteiger charge is -2.12. The number of anilines is 1. The van der Waals surface area contributed by atoms with Crippen LogP contribution >= 0.6 is 58.0 Å². The zero-order valence-corrected chi connectivity index (χ0v) is 18.8. The molecule has 0 spiro atoms. The first-order valence-electron chi connectivity index (χ1n) is 8.45. The topological polar surface area (TPSA) is 51.5 Å². The van der Waals surface area contributed by atoms with Crippen LogP contribution < -0.4 is 10.1 Å². The molecule has 3 rings (SSSR count). The Labute approximate surface area is 192 Å². The Morgan fingerprint density at radius 1 is 0.897 bits per heavy atom. The number of furan rings is 1. The number of benzene rings is 2. The highest BCUT2D eigenvalue weighted by Gasteiger charge is 2.21. The van der Waals surface area contributed by atoms with Crippen molar-refractivity contribution in [2.45, 2.75) is 20.0 Å². The molecule has 1 amide bonds. The Morgan fingerprint density at radius 3 is 2.07 bits per heavy atom. The number of halogens is 5. The Bertz CT molecular complexity index is 1020. The van der Waals surface area contributed by atoms with Gasteiger partial charge < -0.3 is 14.5 Å². The van der Waals surface area contributed by atoms with E-state index < -0.39 is 0 Å². The summed E-state index contributed by atoms with van der Waals surface area (Å²) in [6, 6.07) is 10.7. The fourth-order valence-electron chi connectivity index (χ4n) is 2.45. The third-order valence-electron chi connectivity index (χ3n) is 4.03. The second kappa shape index (κ2) is 9.50. The van der Waals surface area contributed by atoms with Gasteiger partial charge in [-0.05, 0) is 36.2 Å². The summed E-state index contributed by atoms with van der Waals surface area (Å²) in [4.78, 5) is 12.4. The van der Waals surface area contributed by atoms with Crippen LogP contribution in [0, 0.1) is 0 Å². The summed E-state index contributed by atoms with van der Waals surface area (Å²) in [5.41, 5.74) is 1.85. The maximum atomic E-state index is 12.4. The maximum Gasteiger partial charge on any atom is 0.291 e. The zero-order chi connectivity index (χ0) is 21.1. The van der Waals surface area contributed by atoms with E-state index in [0.717, 1.165) is 6.42 Å². The fraction of sp³-hybridized carbons (Fsp3) is 0.150. The number of carbonyl (C=O) groups is 1. The van der Waals surface area contributed by atoms with Gasteiger partial charge in [0.25, 0.3) is 5.91 Å². The molecule has 152 valence electrons. The van der Waals surface area contributed by atoms with Crippen LogP contribution in [-0.4, -0.2) is 5.91 Å². The van der Waals surface area contributed by atoms with Crippen molar-refractivity contribution >= 4 is 69.6 Å². The quantitative estimate of drug-likeness (QED) is 0.280. The highest BCUT2D eigenvalue weighted by molar-refractivity contribution is 6.55. The molecule has 0 aliphatic rings. The molecule has 0 unspecified atom stereocenters. The van der Waals surface area contributed by atoms with Crippen molar-refractivity contribution in [3.05, 3.63) is 78.6 Å². The first-order valence-corrected chi connectivity index (χ1v) is 10.3. The van der Waals surface area contributed by atoms with E-state index in [1.807, 2.05) is 24.3 Å². The van der Waals surface area contributed by atoms with Crippen LogP contribution in [-0.2, 0) is 13.0 Å². The molecular weight excluding hydrogens is 479 g/mol. The maximum absolute atomic E-state index is 12.4. The van der Waals surface area contributed by atoms with Gasteiger partial charge in [0.05, 0.1) is 15.1 Å².